The Balaban J connectivity index is 0.000001000. The van der Waals surface area contributed by atoms with Crippen molar-refractivity contribution in [1.82, 2.24) is 4.98 Å². The number of nitrogens with two attached hydrogens (primary N) is 1. The summed E-state index contributed by atoms with van der Waals surface area (Å²) in [7, 11) is 0. The van der Waals surface area contributed by atoms with Gasteiger partial charge < -0.3 is 11.1 Å². The Labute approximate surface area is 132 Å². The van der Waals surface area contributed by atoms with Crippen molar-refractivity contribution >= 4 is 41.4 Å². The van der Waals surface area contributed by atoms with Crippen molar-refractivity contribution in [2.45, 2.75) is 25.7 Å². The van der Waals surface area contributed by atoms with E-state index < -0.39 is 0 Å². The van der Waals surface area contributed by atoms with Crippen LogP contribution in [0.15, 0.2) is 24.3 Å². The highest BCUT2D eigenvalue weighted by molar-refractivity contribution is 5.93. The second-order valence-electron chi connectivity index (χ2n) is 4.85. The van der Waals surface area contributed by atoms with Crippen LogP contribution >= 0.6 is 24.8 Å². The Morgan fingerprint density at radius 3 is 2.65 bits per heavy atom. The van der Waals surface area contributed by atoms with E-state index in [4.69, 9.17) is 10.7 Å². The van der Waals surface area contributed by atoms with Crippen LogP contribution in [0.1, 0.15) is 24.1 Å². The zero-order valence-corrected chi connectivity index (χ0v) is 13.0. The molecule has 0 bridgehead atoms. The molecule has 0 atom stereocenters. The molecule has 0 radical (unpaired) electrons. The third-order valence-electron chi connectivity index (χ3n) is 3.62. The number of rotatable bonds is 3. The first kappa shape index (κ1) is 17.0. The van der Waals surface area contributed by atoms with Gasteiger partial charge in [-0.1, -0.05) is 18.2 Å². The number of nitrogens with zero attached hydrogens (tertiary/aromatic N) is 1. The van der Waals surface area contributed by atoms with Crippen molar-refractivity contribution in [3.63, 3.8) is 0 Å². The van der Waals surface area contributed by atoms with Crippen LogP contribution in [0.4, 0.5) is 5.69 Å². The predicted octanol–water partition coefficient (Wildman–Crippen LogP) is 3.33. The number of pyridine rings is 1. The largest absolute Gasteiger partial charge is 0.383 e. The van der Waals surface area contributed by atoms with E-state index in [-0.39, 0.29) is 24.8 Å². The molecule has 2 aromatic rings. The summed E-state index contributed by atoms with van der Waals surface area (Å²) in [6, 6.07) is 8.37. The van der Waals surface area contributed by atoms with Gasteiger partial charge in [0.1, 0.15) is 0 Å². The Kier molecular flexibility index (Phi) is 6.53. The summed E-state index contributed by atoms with van der Waals surface area (Å²) in [5.74, 6) is 0. The quantitative estimate of drug-likeness (QED) is 0.914. The molecule has 1 aliphatic rings. The van der Waals surface area contributed by atoms with E-state index in [1.54, 1.807) is 0 Å². The number of aromatic nitrogens is 1. The highest BCUT2D eigenvalue weighted by Gasteiger charge is 2.17. The fourth-order valence-corrected chi connectivity index (χ4v) is 2.77. The lowest BCUT2D eigenvalue weighted by Crippen LogP contribution is -2.17. The molecular weight excluding hydrogens is 293 g/mol. The molecule has 1 aromatic heterocycles. The fourth-order valence-electron chi connectivity index (χ4n) is 2.77. The molecule has 3 rings (SSSR count). The highest BCUT2D eigenvalue weighted by atomic mass is 35.5. The van der Waals surface area contributed by atoms with Crippen LogP contribution in [-0.4, -0.2) is 18.1 Å². The summed E-state index contributed by atoms with van der Waals surface area (Å²) in [6.07, 6.45) is 4.77. The predicted molar refractivity (Wildman–Crippen MR) is 90.4 cm³/mol. The summed E-state index contributed by atoms with van der Waals surface area (Å²) < 4.78 is 0. The van der Waals surface area contributed by atoms with Crippen LogP contribution in [0.25, 0.3) is 10.9 Å². The number of halogens is 2. The van der Waals surface area contributed by atoms with Crippen molar-refractivity contribution in [3.05, 3.63) is 35.5 Å². The average Bonchev–Trinajstić information content (AvgIpc) is 2.43. The van der Waals surface area contributed by atoms with Crippen molar-refractivity contribution in [2.75, 3.05) is 18.4 Å². The van der Waals surface area contributed by atoms with Crippen LogP contribution in [0.2, 0.25) is 0 Å². The van der Waals surface area contributed by atoms with Crippen molar-refractivity contribution in [1.29, 1.82) is 0 Å². The highest BCUT2D eigenvalue weighted by Crippen LogP contribution is 2.32. The van der Waals surface area contributed by atoms with Crippen LogP contribution in [0.5, 0.6) is 0 Å². The second-order valence-corrected chi connectivity index (χ2v) is 4.85. The smallest absolute Gasteiger partial charge is 0.0726 e. The number of aryl methyl sites for hydroxylation is 1. The molecule has 0 saturated carbocycles. The second kappa shape index (κ2) is 7.67. The maximum absolute atomic E-state index is 5.62. The summed E-state index contributed by atoms with van der Waals surface area (Å²) in [4.78, 5) is 4.81. The zero-order chi connectivity index (χ0) is 12.4. The SMILES string of the molecule is Cl.Cl.NCCNc1c2c(nc3ccccc13)CCCC2. The topological polar surface area (TPSA) is 50.9 Å². The lowest BCUT2D eigenvalue weighted by molar-refractivity contribution is 0.672. The molecule has 3 nitrogen and oxygen atoms in total. The maximum Gasteiger partial charge on any atom is 0.0726 e. The summed E-state index contributed by atoms with van der Waals surface area (Å²) in [5.41, 5.74) is 10.7. The van der Waals surface area contributed by atoms with E-state index in [2.05, 4.69) is 29.6 Å². The molecule has 5 heteroatoms. The van der Waals surface area contributed by atoms with Crippen molar-refractivity contribution < 1.29 is 0 Å². The molecule has 1 aromatic carbocycles. The van der Waals surface area contributed by atoms with Gasteiger partial charge in [-0.2, -0.15) is 0 Å². The monoisotopic (exact) mass is 313 g/mol. The first-order valence-corrected chi connectivity index (χ1v) is 6.74. The maximum atomic E-state index is 5.62. The Hall–Kier alpha value is -1.03. The fraction of sp³-hybridized carbons (Fsp3) is 0.400. The van der Waals surface area contributed by atoms with E-state index >= 15 is 0 Å². The van der Waals surface area contributed by atoms with Gasteiger partial charge in [0.25, 0.3) is 0 Å². The minimum atomic E-state index is 0. The first-order chi connectivity index (χ1) is 8.90. The third kappa shape index (κ3) is 3.17. The third-order valence-corrected chi connectivity index (χ3v) is 3.62. The van der Waals surface area contributed by atoms with E-state index in [0.717, 1.165) is 24.9 Å². The van der Waals surface area contributed by atoms with Crippen LogP contribution in [-0.2, 0) is 12.8 Å². The number of hydrogen-bond donors (Lipinski definition) is 2. The van der Waals surface area contributed by atoms with Crippen LogP contribution < -0.4 is 11.1 Å². The summed E-state index contributed by atoms with van der Waals surface area (Å²) in [5, 5.41) is 4.73. The van der Waals surface area contributed by atoms with E-state index in [9.17, 15) is 0 Å². The molecule has 0 amide bonds. The number of hydrogen-bond acceptors (Lipinski definition) is 3. The number of benzene rings is 1. The van der Waals surface area contributed by atoms with E-state index in [1.165, 1.54) is 35.2 Å². The lowest BCUT2D eigenvalue weighted by atomic mass is 9.92. The van der Waals surface area contributed by atoms with Crippen molar-refractivity contribution in [2.24, 2.45) is 5.73 Å². The van der Waals surface area contributed by atoms with Crippen molar-refractivity contribution in [3.8, 4) is 0 Å². The van der Waals surface area contributed by atoms with Gasteiger partial charge >= 0.3 is 0 Å². The minimum absolute atomic E-state index is 0. The van der Waals surface area contributed by atoms with Gasteiger partial charge in [-0.15, -0.1) is 24.8 Å². The molecule has 3 N–H and O–H groups in total. The van der Waals surface area contributed by atoms with Gasteiger partial charge in [0, 0.05) is 29.9 Å². The summed E-state index contributed by atoms with van der Waals surface area (Å²) in [6.45, 7) is 1.48. The molecule has 0 unspecified atom stereocenters. The average molecular weight is 314 g/mol. The molecule has 1 aliphatic carbocycles. The Morgan fingerprint density at radius 2 is 1.85 bits per heavy atom. The molecular formula is C15H21Cl2N3. The van der Waals surface area contributed by atoms with Crippen LogP contribution in [0.3, 0.4) is 0 Å². The van der Waals surface area contributed by atoms with Crippen LogP contribution in [0, 0.1) is 0 Å². The van der Waals surface area contributed by atoms with Gasteiger partial charge in [0.05, 0.1) is 5.52 Å². The zero-order valence-electron chi connectivity index (χ0n) is 11.4. The number of anilines is 1. The number of nitrogens with one attached hydrogen (secondary N) is 1. The molecule has 0 spiro atoms. The molecule has 0 aliphatic heterocycles. The lowest BCUT2D eigenvalue weighted by Gasteiger charge is -2.21. The van der Waals surface area contributed by atoms with Gasteiger partial charge in [-0.05, 0) is 37.3 Å². The Morgan fingerprint density at radius 1 is 1.10 bits per heavy atom. The molecule has 1 heterocycles. The van der Waals surface area contributed by atoms with Gasteiger partial charge in [0.2, 0.25) is 0 Å². The van der Waals surface area contributed by atoms with E-state index in [0.29, 0.717) is 6.54 Å². The van der Waals surface area contributed by atoms with Gasteiger partial charge in [-0.25, -0.2) is 0 Å². The Bertz CT molecular complexity index is 572. The normalized spacial score (nSPS) is 13.1. The molecule has 20 heavy (non-hydrogen) atoms. The summed E-state index contributed by atoms with van der Waals surface area (Å²) >= 11 is 0. The van der Waals surface area contributed by atoms with Gasteiger partial charge in [-0.3, -0.25) is 4.98 Å². The molecule has 0 saturated heterocycles. The first-order valence-electron chi connectivity index (χ1n) is 6.74. The van der Waals surface area contributed by atoms with Gasteiger partial charge in [0.15, 0.2) is 0 Å². The minimum Gasteiger partial charge on any atom is -0.383 e. The number of para-hydroxylation sites is 1. The standard InChI is InChI=1S/C15H19N3.2ClH/c16-9-10-17-15-11-5-1-3-7-13(11)18-14-8-4-2-6-12(14)15;;/h1,3,5,7H,2,4,6,8-10,16H2,(H,17,18);2*1H. The molecule has 0 fully saturated rings. The number of fused-ring (bicyclic) bond motifs is 2. The van der Waals surface area contributed by atoms with E-state index in [1.807, 2.05) is 0 Å². The molecule has 110 valence electrons.